The van der Waals surface area contributed by atoms with Crippen molar-refractivity contribution in [2.45, 2.75) is 59.3 Å². The zero-order valence-electron chi connectivity index (χ0n) is 13.3. The molecule has 0 amide bonds. The predicted octanol–water partition coefficient (Wildman–Crippen LogP) is 4.98. The molecular formula is C17H28ClNO. The van der Waals surface area contributed by atoms with Gasteiger partial charge in [0.1, 0.15) is 5.75 Å². The van der Waals surface area contributed by atoms with Crippen LogP contribution in [0.2, 0.25) is 5.02 Å². The molecule has 3 heteroatoms. The minimum atomic E-state index is 0.475. The summed E-state index contributed by atoms with van der Waals surface area (Å²) in [6.07, 6.45) is 4.23. The van der Waals surface area contributed by atoms with E-state index in [1.807, 2.05) is 6.92 Å². The van der Waals surface area contributed by atoms with Crippen molar-refractivity contribution in [1.82, 2.24) is 0 Å². The van der Waals surface area contributed by atoms with Crippen molar-refractivity contribution in [3.05, 3.63) is 27.8 Å². The van der Waals surface area contributed by atoms with Crippen molar-refractivity contribution in [2.24, 2.45) is 5.73 Å². The molecule has 1 atom stereocenters. The van der Waals surface area contributed by atoms with Gasteiger partial charge in [-0.05, 0) is 69.2 Å². The molecule has 0 saturated carbocycles. The smallest absolute Gasteiger partial charge is 0.123 e. The van der Waals surface area contributed by atoms with Crippen molar-refractivity contribution in [2.75, 3.05) is 13.2 Å². The lowest BCUT2D eigenvalue weighted by Crippen LogP contribution is -2.09. The van der Waals surface area contributed by atoms with Crippen LogP contribution in [0.15, 0.2) is 6.07 Å². The van der Waals surface area contributed by atoms with Crippen LogP contribution in [-0.4, -0.2) is 13.2 Å². The monoisotopic (exact) mass is 297 g/mol. The summed E-state index contributed by atoms with van der Waals surface area (Å²) in [4.78, 5) is 0. The van der Waals surface area contributed by atoms with Crippen LogP contribution in [0.25, 0.3) is 0 Å². The van der Waals surface area contributed by atoms with Crippen molar-refractivity contribution >= 4 is 11.6 Å². The van der Waals surface area contributed by atoms with E-state index in [4.69, 9.17) is 22.1 Å². The first-order valence-electron chi connectivity index (χ1n) is 7.69. The molecule has 0 heterocycles. The van der Waals surface area contributed by atoms with Crippen LogP contribution >= 0.6 is 11.6 Å². The summed E-state index contributed by atoms with van der Waals surface area (Å²) in [6, 6.07) is 2.09. The Morgan fingerprint density at radius 3 is 2.55 bits per heavy atom. The second-order valence-electron chi connectivity index (χ2n) is 5.43. The van der Waals surface area contributed by atoms with E-state index in [9.17, 15) is 0 Å². The standard InChI is InChI=1S/C17H28ClNO/c1-5-10-20-15-11-12(3)17(18)13(4)16(15)14(6-2)8-7-9-19/h11,14H,5-10,19H2,1-4H3. The van der Waals surface area contributed by atoms with Crippen LogP contribution in [0.1, 0.15) is 62.1 Å². The van der Waals surface area contributed by atoms with Gasteiger partial charge in [0.25, 0.3) is 0 Å². The van der Waals surface area contributed by atoms with Crippen molar-refractivity contribution in [1.29, 1.82) is 0 Å². The van der Waals surface area contributed by atoms with Crippen LogP contribution in [0.4, 0.5) is 0 Å². The summed E-state index contributed by atoms with van der Waals surface area (Å²) in [6.45, 7) is 9.98. The van der Waals surface area contributed by atoms with E-state index in [2.05, 4.69) is 26.8 Å². The zero-order chi connectivity index (χ0) is 15.1. The Morgan fingerprint density at radius 1 is 1.30 bits per heavy atom. The fraction of sp³-hybridized carbons (Fsp3) is 0.647. The van der Waals surface area contributed by atoms with Crippen molar-refractivity contribution in [3.8, 4) is 5.75 Å². The normalized spacial score (nSPS) is 12.5. The molecule has 2 nitrogen and oxygen atoms in total. The Hall–Kier alpha value is -0.730. The van der Waals surface area contributed by atoms with E-state index in [-0.39, 0.29) is 0 Å². The summed E-state index contributed by atoms with van der Waals surface area (Å²) in [7, 11) is 0. The molecule has 0 aliphatic rings. The average molecular weight is 298 g/mol. The van der Waals surface area contributed by atoms with Gasteiger partial charge in [-0.15, -0.1) is 0 Å². The van der Waals surface area contributed by atoms with Crippen LogP contribution < -0.4 is 10.5 Å². The highest BCUT2D eigenvalue weighted by molar-refractivity contribution is 6.32. The van der Waals surface area contributed by atoms with E-state index < -0.39 is 0 Å². The molecule has 0 aliphatic carbocycles. The summed E-state index contributed by atoms with van der Waals surface area (Å²) in [5.74, 6) is 1.48. The third-order valence-corrected chi connectivity index (χ3v) is 4.39. The maximum atomic E-state index is 6.44. The molecule has 0 saturated heterocycles. The Balaban J connectivity index is 3.20. The van der Waals surface area contributed by atoms with Crippen LogP contribution in [-0.2, 0) is 0 Å². The maximum Gasteiger partial charge on any atom is 0.123 e. The molecule has 2 N–H and O–H groups in total. The van der Waals surface area contributed by atoms with Crippen LogP contribution in [0, 0.1) is 13.8 Å². The first-order chi connectivity index (χ1) is 9.56. The topological polar surface area (TPSA) is 35.2 Å². The number of benzene rings is 1. The molecule has 0 aliphatic heterocycles. The molecular weight excluding hydrogens is 270 g/mol. The van der Waals surface area contributed by atoms with E-state index in [0.717, 1.165) is 55.2 Å². The average Bonchev–Trinajstić information content (AvgIpc) is 2.45. The number of ether oxygens (including phenoxy) is 1. The lowest BCUT2D eigenvalue weighted by molar-refractivity contribution is 0.310. The molecule has 0 spiro atoms. The molecule has 20 heavy (non-hydrogen) atoms. The third kappa shape index (κ3) is 4.13. The van der Waals surface area contributed by atoms with Gasteiger partial charge >= 0.3 is 0 Å². The van der Waals surface area contributed by atoms with Gasteiger partial charge < -0.3 is 10.5 Å². The predicted molar refractivity (Wildman–Crippen MR) is 88.0 cm³/mol. The van der Waals surface area contributed by atoms with Crippen molar-refractivity contribution in [3.63, 3.8) is 0 Å². The summed E-state index contributed by atoms with van der Waals surface area (Å²) in [5.41, 5.74) is 9.20. The Kier molecular flexibility index (Phi) is 7.39. The lowest BCUT2D eigenvalue weighted by atomic mass is 9.87. The van der Waals surface area contributed by atoms with Gasteiger partial charge in [-0.1, -0.05) is 25.4 Å². The Bertz CT molecular complexity index is 431. The fourth-order valence-electron chi connectivity index (χ4n) is 2.69. The van der Waals surface area contributed by atoms with Crippen LogP contribution in [0.3, 0.4) is 0 Å². The van der Waals surface area contributed by atoms with Crippen LogP contribution in [0.5, 0.6) is 5.75 Å². The number of halogens is 1. The van der Waals surface area contributed by atoms with E-state index in [1.54, 1.807) is 0 Å². The van der Waals surface area contributed by atoms with E-state index in [0.29, 0.717) is 5.92 Å². The van der Waals surface area contributed by atoms with Gasteiger partial charge in [0.15, 0.2) is 0 Å². The molecule has 1 unspecified atom stereocenters. The second-order valence-corrected chi connectivity index (χ2v) is 5.81. The molecule has 1 rings (SSSR count). The van der Waals surface area contributed by atoms with Gasteiger partial charge in [-0.3, -0.25) is 0 Å². The minimum absolute atomic E-state index is 0.475. The zero-order valence-corrected chi connectivity index (χ0v) is 14.0. The first-order valence-corrected chi connectivity index (χ1v) is 8.06. The van der Waals surface area contributed by atoms with Gasteiger partial charge in [0.05, 0.1) is 6.61 Å². The summed E-state index contributed by atoms with van der Waals surface area (Å²) < 4.78 is 5.98. The highest BCUT2D eigenvalue weighted by Gasteiger charge is 2.20. The highest BCUT2D eigenvalue weighted by atomic mass is 35.5. The number of rotatable bonds is 8. The van der Waals surface area contributed by atoms with Gasteiger partial charge in [0.2, 0.25) is 0 Å². The largest absolute Gasteiger partial charge is 0.493 e. The number of hydrogen-bond acceptors (Lipinski definition) is 2. The summed E-state index contributed by atoms with van der Waals surface area (Å²) in [5, 5.41) is 0.870. The quantitative estimate of drug-likeness (QED) is 0.734. The highest BCUT2D eigenvalue weighted by Crippen LogP contribution is 2.39. The fourth-order valence-corrected chi connectivity index (χ4v) is 2.85. The number of aryl methyl sites for hydroxylation is 1. The van der Waals surface area contributed by atoms with Crippen molar-refractivity contribution < 1.29 is 4.74 Å². The number of nitrogens with two attached hydrogens (primary N) is 1. The third-order valence-electron chi connectivity index (χ3n) is 3.81. The molecule has 0 aromatic heterocycles. The van der Waals surface area contributed by atoms with Gasteiger partial charge in [-0.2, -0.15) is 0 Å². The minimum Gasteiger partial charge on any atom is -0.493 e. The van der Waals surface area contributed by atoms with Gasteiger partial charge in [-0.25, -0.2) is 0 Å². The molecule has 1 aromatic carbocycles. The molecule has 114 valence electrons. The second kappa shape index (κ2) is 8.53. The molecule has 0 radical (unpaired) electrons. The SMILES string of the molecule is CCCOc1cc(C)c(Cl)c(C)c1C(CC)CCCN. The molecule has 0 fully saturated rings. The Morgan fingerprint density at radius 2 is 2.00 bits per heavy atom. The lowest BCUT2D eigenvalue weighted by Gasteiger charge is -2.23. The first kappa shape index (κ1) is 17.3. The Labute approximate surface area is 128 Å². The summed E-state index contributed by atoms with van der Waals surface area (Å²) >= 11 is 6.44. The van der Waals surface area contributed by atoms with Gasteiger partial charge in [0, 0.05) is 10.6 Å². The van der Waals surface area contributed by atoms with E-state index >= 15 is 0 Å². The number of hydrogen-bond donors (Lipinski definition) is 1. The van der Waals surface area contributed by atoms with E-state index in [1.165, 1.54) is 11.1 Å². The maximum absolute atomic E-state index is 6.44. The molecule has 1 aromatic rings. The molecule has 0 bridgehead atoms.